The Labute approximate surface area is 237 Å². The summed E-state index contributed by atoms with van der Waals surface area (Å²) in [4.78, 5) is 20.8. The number of hydrogen-bond acceptors (Lipinski definition) is 8. The molecule has 0 atom stereocenters. The number of carbonyl (C=O) groups is 1. The number of carbonyl (C=O) groups excluding carboxylic acids is 1. The largest absolute Gasteiger partial charge is 0.494 e. The number of aromatic nitrogens is 1. The number of benzene rings is 2. The van der Waals surface area contributed by atoms with Gasteiger partial charge in [-0.05, 0) is 56.0 Å². The summed E-state index contributed by atoms with van der Waals surface area (Å²) in [6, 6.07) is 15.3. The third kappa shape index (κ3) is 8.20. The minimum absolute atomic E-state index is 0.210. The molecule has 0 spiro atoms. The van der Waals surface area contributed by atoms with E-state index in [1.807, 2.05) is 48.7 Å². The minimum atomic E-state index is -0.527. The molecule has 1 N–H and O–H groups in total. The van der Waals surface area contributed by atoms with Crippen LogP contribution >= 0.6 is 35.0 Å². The molecule has 4 rings (SSSR count). The molecule has 1 amide bonds. The molecule has 1 aliphatic rings. The third-order valence-corrected chi connectivity index (χ3v) is 7.42. The number of thioether (sulfide) groups is 1. The van der Waals surface area contributed by atoms with Crippen LogP contribution in [-0.4, -0.2) is 74.2 Å². The van der Waals surface area contributed by atoms with Gasteiger partial charge in [-0.3, -0.25) is 4.90 Å². The summed E-state index contributed by atoms with van der Waals surface area (Å²) in [5.41, 5.74) is 1.77. The highest BCUT2D eigenvalue weighted by molar-refractivity contribution is 7.98. The maximum Gasteiger partial charge on any atom is 0.410 e. The Balaban J connectivity index is 1.16. The molecule has 38 heavy (non-hydrogen) atoms. The molecule has 11 heteroatoms. The number of ether oxygens (including phenoxy) is 3. The number of halogens is 2. The van der Waals surface area contributed by atoms with Crippen molar-refractivity contribution in [3.8, 4) is 11.6 Å². The van der Waals surface area contributed by atoms with Crippen LogP contribution in [0, 0.1) is 0 Å². The van der Waals surface area contributed by atoms with Crippen LogP contribution in [0.3, 0.4) is 0 Å². The molecule has 0 radical (unpaired) electrons. The molecule has 2 heterocycles. The molecule has 0 unspecified atom stereocenters. The molecule has 1 saturated heterocycles. The van der Waals surface area contributed by atoms with Crippen LogP contribution in [0.2, 0.25) is 10.0 Å². The number of amides is 1. The van der Waals surface area contributed by atoms with Gasteiger partial charge in [0, 0.05) is 43.7 Å². The summed E-state index contributed by atoms with van der Waals surface area (Å²) in [7, 11) is 0. The topological polar surface area (TPSA) is 76.2 Å². The Kier molecular flexibility index (Phi) is 10.9. The lowest BCUT2D eigenvalue weighted by atomic mass is 10.2. The van der Waals surface area contributed by atoms with Crippen molar-refractivity contribution in [2.45, 2.75) is 12.8 Å². The molecule has 204 valence electrons. The SMILES string of the molecule is CSCNC(=O)OCOc1ccc2ccc(OCCCCN3CCN(c4cccc(Cl)c4Cl)CC3)cc2n1. The van der Waals surface area contributed by atoms with Gasteiger partial charge in [-0.1, -0.05) is 29.3 Å². The molecule has 1 aromatic heterocycles. The monoisotopic (exact) mass is 578 g/mol. The first-order valence-corrected chi connectivity index (χ1v) is 14.7. The van der Waals surface area contributed by atoms with E-state index < -0.39 is 6.09 Å². The van der Waals surface area contributed by atoms with Crippen LogP contribution in [-0.2, 0) is 4.74 Å². The molecule has 1 fully saturated rings. The van der Waals surface area contributed by atoms with Gasteiger partial charge < -0.3 is 24.4 Å². The van der Waals surface area contributed by atoms with Crippen molar-refractivity contribution >= 4 is 57.6 Å². The van der Waals surface area contributed by atoms with E-state index in [9.17, 15) is 4.79 Å². The van der Waals surface area contributed by atoms with Gasteiger partial charge >= 0.3 is 6.09 Å². The van der Waals surface area contributed by atoms with E-state index in [4.69, 9.17) is 37.4 Å². The second kappa shape index (κ2) is 14.5. The molecule has 3 aromatic rings. The number of pyridine rings is 1. The molecular formula is C27H32Cl2N4O4S. The Morgan fingerprint density at radius 2 is 1.87 bits per heavy atom. The first-order valence-electron chi connectivity index (χ1n) is 12.5. The van der Waals surface area contributed by atoms with Crippen LogP contribution in [0.5, 0.6) is 11.6 Å². The average molecular weight is 580 g/mol. The normalized spacial score (nSPS) is 13.9. The zero-order chi connectivity index (χ0) is 26.7. The van der Waals surface area contributed by atoms with Crippen molar-refractivity contribution in [1.29, 1.82) is 0 Å². The van der Waals surface area contributed by atoms with Gasteiger partial charge in [0.15, 0.2) is 0 Å². The lowest BCUT2D eigenvalue weighted by Crippen LogP contribution is -2.46. The molecular weight excluding hydrogens is 547 g/mol. The van der Waals surface area contributed by atoms with E-state index in [2.05, 4.69) is 20.1 Å². The summed E-state index contributed by atoms with van der Waals surface area (Å²) in [5, 5.41) is 4.79. The Morgan fingerprint density at radius 1 is 1.05 bits per heavy atom. The number of piperazine rings is 1. The fourth-order valence-electron chi connectivity index (χ4n) is 4.15. The van der Waals surface area contributed by atoms with Crippen LogP contribution < -0.4 is 19.7 Å². The van der Waals surface area contributed by atoms with Crippen molar-refractivity contribution in [2.75, 3.05) is 63.2 Å². The average Bonchev–Trinajstić information content (AvgIpc) is 2.93. The summed E-state index contributed by atoms with van der Waals surface area (Å²) in [6.07, 6.45) is 3.38. The standard InChI is InChI=1S/C27H32Cl2N4O4S/c1-38-18-30-27(34)37-19-36-25-10-8-20-7-9-21(17-23(20)31-25)35-16-3-2-11-32-12-14-33(15-13-32)24-6-4-5-22(28)26(24)29/h4-10,17H,2-3,11-16,18-19H2,1H3,(H,30,34). The van der Waals surface area contributed by atoms with Crippen LogP contribution in [0.1, 0.15) is 12.8 Å². The van der Waals surface area contributed by atoms with Gasteiger partial charge in [-0.15, -0.1) is 11.8 Å². The number of nitrogens with zero attached hydrogens (tertiary/aromatic N) is 3. The van der Waals surface area contributed by atoms with Crippen molar-refractivity contribution in [3.63, 3.8) is 0 Å². The van der Waals surface area contributed by atoms with Crippen LogP contribution in [0.15, 0.2) is 48.5 Å². The lowest BCUT2D eigenvalue weighted by molar-refractivity contribution is 0.0580. The fraction of sp³-hybridized carbons (Fsp3) is 0.407. The number of rotatable bonds is 12. The molecule has 8 nitrogen and oxygen atoms in total. The number of unbranched alkanes of at least 4 members (excludes halogenated alkanes) is 1. The van der Waals surface area contributed by atoms with E-state index >= 15 is 0 Å². The maximum atomic E-state index is 11.5. The Hall–Kier alpha value is -2.59. The zero-order valence-corrected chi connectivity index (χ0v) is 23.7. The van der Waals surface area contributed by atoms with Gasteiger partial charge in [-0.2, -0.15) is 0 Å². The van der Waals surface area contributed by atoms with Gasteiger partial charge in [0.1, 0.15) is 5.75 Å². The second-order valence-corrected chi connectivity index (χ2v) is 10.4. The fourth-order valence-corrected chi connectivity index (χ4v) is 4.83. The Bertz CT molecular complexity index is 1210. The highest BCUT2D eigenvalue weighted by Gasteiger charge is 2.19. The Morgan fingerprint density at radius 3 is 2.68 bits per heavy atom. The summed E-state index contributed by atoms with van der Waals surface area (Å²) in [6.45, 7) is 5.33. The maximum absolute atomic E-state index is 11.5. The predicted molar refractivity (Wildman–Crippen MR) is 155 cm³/mol. The van der Waals surface area contributed by atoms with Crippen molar-refractivity contribution in [2.24, 2.45) is 0 Å². The van der Waals surface area contributed by atoms with Crippen molar-refractivity contribution < 1.29 is 19.0 Å². The number of nitrogens with one attached hydrogen (secondary N) is 1. The number of fused-ring (bicyclic) bond motifs is 1. The van der Waals surface area contributed by atoms with Crippen LogP contribution in [0.25, 0.3) is 10.9 Å². The van der Waals surface area contributed by atoms with Gasteiger partial charge in [-0.25, -0.2) is 9.78 Å². The molecule has 2 aromatic carbocycles. The van der Waals surface area contributed by atoms with E-state index in [-0.39, 0.29) is 6.79 Å². The zero-order valence-electron chi connectivity index (χ0n) is 21.3. The summed E-state index contributed by atoms with van der Waals surface area (Å²) < 4.78 is 16.4. The van der Waals surface area contributed by atoms with Crippen molar-refractivity contribution in [3.05, 3.63) is 58.6 Å². The van der Waals surface area contributed by atoms with E-state index in [0.29, 0.717) is 28.4 Å². The lowest BCUT2D eigenvalue weighted by Gasteiger charge is -2.36. The van der Waals surface area contributed by atoms with Gasteiger partial charge in [0.2, 0.25) is 12.7 Å². The first kappa shape index (κ1) is 28.4. The highest BCUT2D eigenvalue weighted by Crippen LogP contribution is 2.33. The number of hydrogen-bond donors (Lipinski definition) is 1. The van der Waals surface area contributed by atoms with Gasteiger partial charge in [0.05, 0.1) is 33.7 Å². The minimum Gasteiger partial charge on any atom is -0.494 e. The summed E-state index contributed by atoms with van der Waals surface area (Å²) >= 11 is 14.0. The van der Waals surface area contributed by atoms with E-state index in [0.717, 1.165) is 67.9 Å². The number of alkyl carbamates (subject to hydrolysis) is 1. The van der Waals surface area contributed by atoms with Gasteiger partial charge in [0.25, 0.3) is 0 Å². The second-order valence-electron chi connectivity index (χ2n) is 8.76. The first-order chi connectivity index (χ1) is 18.5. The van der Waals surface area contributed by atoms with E-state index in [1.165, 1.54) is 11.8 Å². The molecule has 0 saturated carbocycles. The van der Waals surface area contributed by atoms with Crippen LogP contribution in [0.4, 0.5) is 10.5 Å². The third-order valence-electron chi connectivity index (χ3n) is 6.18. The molecule has 0 bridgehead atoms. The van der Waals surface area contributed by atoms with Crippen molar-refractivity contribution in [1.82, 2.24) is 15.2 Å². The smallest absolute Gasteiger partial charge is 0.410 e. The molecule has 1 aliphatic heterocycles. The van der Waals surface area contributed by atoms with E-state index in [1.54, 1.807) is 6.07 Å². The highest BCUT2D eigenvalue weighted by atomic mass is 35.5. The molecule has 0 aliphatic carbocycles. The quantitative estimate of drug-likeness (QED) is 0.210. The summed E-state index contributed by atoms with van der Waals surface area (Å²) in [5.74, 6) is 1.62. The predicted octanol–water partition coefficient (Wildman–Crippen LogP) is 5.91. The number of anilines is 1.